The summed E-state index contributed by atoms with van der Waals surface area (Å²) < 4.78 is 11.5. The van der Waals surface area contributed by atoms with Crippen LogP contribution in [0.25, 0.3) is 0 Å². The standard InChI is InChI=1S/C23H32N2O2.C13H18O3.C10H16N2/c1-6-7-13-27-22-17(2)14-20(15-18(22)3)23(26)24-16-21(25(4)5)19-11-9-8-10-12-19;1-4-5-6-16-12-9(2)7-11(13(14)15)8-10(12)3;1-12(2)10(8-11)9-6-4-3-5-7-9/h8-12,14-15,21H,6-7,13,16H2,1-5H3,(H,24,26);7-8H,4-6H2,1-3H3,(H,14,15);3-7,10H,8,11H2,1-2H3. The summed E-state index contributed by atoms with van der Waals surface area (Å²) in [5.41, 5.74) is 12.9. The van der Waals surface area contributed by atoms with Crippen LogP contribution < -0.4 is 20.5 Å². The third-order valence-electron chi connectivity index (χ3n) is 9.21. The topological polar surface area (TPSA) is 117 Å². The molecule has 0 aliphatic carbocycles. The van der Waals surface area contributed by atoms with Crippen LogP contribution in [0.1, 0.15) is 106 Å². The largest absolute Gasteiger partial charge is 0.493 e. The number of nitrogens with two attached hydrogens (primary N) is 1. The van der Waals surface area contributed by atoms with Gasteiger partial charge in [-0.3, -0.25) is 4.79 Å². The van der Waals surface area contributed by atoms with E-state index in [0.29, 0.717) is 43.5 Å². The molecular formula is C46H66N4O5. The number of carboxylic acid groups (broad SMARTS) is 1. The molecule has 0 heterocycles. The maximum atomic E-state index is 12.7. The second-order valence-electron chi connectivity index (χ2n) is 14.3. The Balaban J connectivity index is 0.000000315. The van der Waals surface area contributed by atoms with Crippen molar-refractivity contribution in [3.05, 3.63) is 129 Å². The number of likely N-dealkylation sites (N-methyl/N-ethyl adjacent to an activating group) is 2. The number of nitrogens with zero attached hydrogens (tertiary/aromatic N) is 2. The molecule has 2 atom stereocenters. The average Bonchev–Trinajstić information content (AvgIpc) is 3.15. The smallest absolute Gasteiger partial charge is 0.335 e. The quantitative estimate of drug-likeness (QED) is 0.0916. The van der Waals surface area contributed by atoms with Gasteiger partial charge in [0.2, 0.25) is 0 Å². The summed E-state index contributed by atoms with van der Waals surface area (Å²) in [5, 5.41) is 12.0. The van der Waals surface area contributed by atoms with Crippen molar-refractivity contribution in [2.75, 3.05) is 54.5 Å². The summed E-state index contributed by atoms with van der Waals surface area (Å²) in [6.07, 6.45) is 4.24. The average molecular weight is 755 g/mol. The van der Waals surface area contributed by atoms with E-state index >= 15 is 0 Å². The number of aromatic carboxylic acids is 1. The highest BCUT2D eigenvalue weighted by molar-refractivity contribution is 5.95. The lowest BCUT2D eigenvalue weighted by Crippen LogP contribution is -2.34. The minimum absolute atomic E-state index is 0.0518. The van der Waals surface area contributed by atoms with Crippen molar-refractivity contribution >= 4 is 11.9 Å². The SMILES string of the molecule is CCCCOc1c(C)cc(C(=O)NCC(c2ccccc2)N(C)C)cc1C.CCCCOc1c(C)cc(C(=O)O)cc1C.CN(C)C(CN)c1ccccc1. The van der Waals surface area contributed by atoms with Crippen LogP contribution in [0.2, 0.25) is 0 Å². The zero-order valence-electron chi connectivity index (χ0n) is 34.9. The van der Waals surface area contributed by atoms with Crippen LogP contribution in [0.15, 0.2) is 84.9 Å². The third-order valence-corrected chi connectivity index (χ3v) is 9.21. The van der Waals surface area contributed by atoms with Crippen LogP contribution in [0, 0.1) is 27.7 Å². The Morgan fingerprint density at radius 2 is 1.04 bits per heavy atom. The number of nitrogens with one attached hydrogen (secondary N) is 1. The van der Waals surface area contributed by atoms with Crippen LogP contribution in [-0.4, -0.2) is 81.3 Å². The second kappa shape index (κ2) is 24.7. The van der Waals surface area contributed by atoms with Crippen LogP contribution in [-0.2, 0) is 0 Å². The van der Waals surface area contributed by atoms with Crippen molar-refractivity contribution in [3.63, 3.8) is 0 Å². The van der Waals surface area contributed by atoms with E-state index in [-0.39, 0.29) is 11.9 Å². The van der Waals surface area contributed by atoms with E-state index in [1.807, 2.05) is 104 Å². The fourth-order valence-corrected chi connectivity index (χ4v) is 6.13. The van der Waals surface area contributed by atoms with E-state index in [2.05, 4.69) is 53.2 Å². The summed E-state index contributed by atoms with van der Waals surface area (Å²) in [6, 6.07) is 28.2. The molecule has 4 N–H and O–H groups in total. The van der Waals surface area contributed by atoms with Gasteiger partial charge in [0.25, 0.3) is 5.91 Å². The van der Waals surface area contributed by atoms with E-state index in [1.54, 1.807) is 12.1 Å². The van der Waals surface area contributed by atoms with Gasteiger partial charge in [0, 0.05) is 24.7 Å². The number of hydrogen-bond acceptors (Lipinski definition) is 7. The van der Waals surface area contributed by atoms with E-state index in [0.717, 1.165) is 59.4 Å². The highest BCUT2D eigenvalue weighted by Crippen LogP contribution is 2.27. The van der Waals surface area contributed by atoms with Crippen molar-refractivity contribution in [1.29, 1.82) is 0 Å². The first-order valence-corrected chi connectivity index (χ1v) is 19.4. The molecule has 0 bridgehead atoms. The molecule has 0 aromatic heterocycles. The molecule has 300 valence electrons. The molecule has 1 amide bonds. The minimum Gasteiger partial charge on any atom is -0.493 e. The van der Waals surface area contributed by atoms with Gasteiger partial charge in [-0.15, -0.1) is 0 Å². The Morgan fingerprint density at radius 1 is 0.655 bits per heavy atom. The zero-order chi connectivity index (χ0) is 40.9. The van der Waals surface area contributed by atoms with Crippen LogP contribution in [0.5, 0.6) is 11.5 Å². The van der Waals surface area contributed by atoms with Gasteiger partial charge < -0.3 is 35.4 Å². The molecule has 4 aromatic rings. The molecule has 0 fully saturated rings. The van der Waals surface area contributed by atoms with Crippen LogP contribution in [0.4, 0.5) is 0 Å². The normalized spacial score (nSPS) is 11.8. The van der Waals surface area contributed by atoms with Crippen molar-refractivity contribution in [3.8, 4) is 11.5 Å². The molecule has 9 nitrogen and oxygen atoms in total. The van der Waals surface area contributed by atoms with Crippen molar-refractivity contribution in [2.45, 2.75) is 79.3 Å². The number of rotatable bonds is 17. The monoisotopic (exact) mass is 755 g/mol. The molecule has 55 heavy (non-hydrogen) atoms. The summed E-state index contributed by atoms with van der Waals surface area (Å²) in [4.78, 5) is 27.8. The van der Waals surface area contributed by atoms with Gasteiger partial charge in [-0.25, -0.2) is 4.79 Å². The van der Waals surface area contributed by atoms with E-state index in [4.69, 9.17) is 20.3 Å². The Labute approximate surface area is 330 Å². The Kier molecular flexibility index (Phi) is 20.8. The summed E-state index contributed by atoms with van der Waals surface area (Å²) in [6.45, 7) is 14.6. The highest BCUT2D eigenvalue weighted by atomic mass is 16.5. The summed E-state index contributed by atoms with van der Waals surface area (Å²) >= 11 is 0. The van der Waals surface area contributed by atoms with Crippen LogP contribution in [0.3, 0.4) is 0 Å². The van der Waals surface area contributed by atoms with E-state index in [1.165, 1.54) is 11.1 Å². The molecule has 0 saturated heterocycles. The van der Waals surface area contributed by atoms with Gasteiger partial charge in [-0.2, -0.15) is 0 Å². The molecule has 4 aromatic carbocycles. The van der Waals surface area contributed by atoms with Crippen molar-refractivity contribution in [2.24, 2.45) is 5.73 Å². The lowest BCUT2D eigenvalue weighted by molar-refractivity contribution is 0.0696. The van der Waals surface area contributed by atoms with Crippen molar-refractivity contribution in [1.82, 2.24) is 15.1 Å². The fourth-order valence-electron chi connectivity index (χ4n) is 6.13. The first-order valence-electron chi connectivity index (χ1n) is 19.4. The summed E-state index contributed by atoms with van der Waals surface area (Å²) in [7, 11) is 8.15. The Bertz CT molecular complexity index is 1680. The number of ether oxygens (including phenoxy) is 2. The lowest BCUT2D eigenvalue weighted by atomic mass is 10.0. The predicted octanol–water partition coefficient (Wildman–Crippen LogP) is 8.94. The van der Waals surface area contributed by atoms with Gasteiger partial charge in [0.15, 0.2) is 0 Å². The number of amides is 1. The van der Waals surface area contributed by atoms with Gasteiger partial charge in [0.05, 0.1) is 24.8 Å². The number of carbonyl (C=O) groups is 2. The number of carbonyl (C=O) groups excluding carboxylic acids is 1. The molecule has 0 saturated carbocycles. The second-order valence-corrected chi connectivity index (χ2v) is 14.3. The van der Waals surface area contributed by atoms with E-state index in [9.17, 15) is 9.59 Å². The summed E-state index contributed by atoms with van der Waals surface area (Å²) in [5.74, 6) is 0.768. The number of aryl methyl sites for hydroxylation is 4. The van der Waals surface area contributed by atoms with Crippen LogP contribution >= 0.6 is 0 Å². The first-order chi connectivity index (χ1) is 26.2. The maximum absolute atomic E-state index is 12.7. The Hall–Kier alpha value is -4.70. The van der Waals surface area contributed by atoms with Gasteiger partial charge in [-0.05, 0) is 126 Å². The molecule has 2 unspecified atom stereocenters. The highest BCUT2D eigenvalue weighted by Gasteiger charge is 2.17. The molecule has 0 aliphatic rings. The van der Waals surface area contributed by atoms with Gasteiger partial charge in [0.1, 0.15) is 11.5 Å². The minimum atomic E-state index is -0.897. The molecule has 0 spiro atoms. The van der Waals surface area contributed by atoms with Gasteiger partial charge >= 0.3 is 5.97 Å². The zero-order valence-corrected chi connectivity index (χ0v) is 34.9. The number of carboxylic acids is 1. The Morgan fingerprint density at radius 3 is 1.38 bits per heavy atom. The van der Waals surface area contributed by atoms with E-state index < -0.39 is 5.97 Å². The molecule has 0 radical (unpaired) electrons. The lowest BCUT2D eigenvalue weighted by Gasteiger charge is -2.25. The number of unbranched alkanes of at least 4 members (excludes halogenated alkanes) is 2. The molecule has 9 heteroatoms. The molecular weight excluding hydrogens is 689 g/mol. The van der Waals surface area contributed by atoms with Gasteiger partial charge in [-0.1, -0.05) is 87.4 Å². The fraction of sp³-hybridized carbons (Fsp3) is 0.435. The number of hydrogen-bond donors (Lipinski definition) is 3. The molecule has 4 rings (SSSR count). The first kappa shape index (κ1) is 46.5. The number of benzene rings is 4. The van der Waals surface area contributed by atoms with Crippen molar-refractivity contribution < 1.29 is 24.2 Å². The maximum Gasteiger partial charge on any atom is 0.335 e. The third kappa shape index (κ3) is 15.5. The predicted molar refractivity (Wildman–Crippen MR) is 227 cm³/mol. The molecule has 0 aliphatic heterocycles.